The van der Waals surface area contributed by atoms with Crippen molar-refractivity contribution in [3.05, 3.63) is 81.8 Å². The SMILES string of the molecule is CCCCCn1nc(C(=O)NNC(=O)/C=C/c2ccccc2C)c2ccccc2c1=O. The van der Waals surface area contributed by atoms with Gasteiger partial charge in [-0.3, -0.25) is 25.2 Å². The molecule has 0 fully saturated rings. The minimum absolute atomic E-state index is 0.0925. The van der Waals surface area contributed by atoms with E-state index in [1.54, 1.807) is 30.3 Å². The van der Waals surface area contributed by atoms with E-state index in [0.29, 0.717) is 17.3 Å². The quantitative estimate of drug-likeness (QED) is 0.350. The fraction of sp³-hybridized carbons (Fsp3) is 0.250. The lowest BCUT2D eigenvalue weighted by Gasteiger charge is -2.11. The van der Waals surface area contributed by atoms with Crippen molar-refractivity contribution in [1.82, 2.24) is 20.6 Å². The molecular weight excluding hydrogens is 392 g/mol. The Labute approximate surface area is 180 Å². The van der Waals surface area contributed by atoms with Gasteiger partial charge < -0.3 is 0 Å². The first-order chi connectivity index (χ1) is 15.0. The van der Waals surface area contributed by atoms with Gasteiger partial charge in [-0.2, -0.15) is 5.10 Å². The highest BCUT2D eigenvalue weighted by Crippen LogP contribution is 2.13. The maximum absolute atomic E-state index is 12.8. The van der Waals surface area contributed by atoms with E-state index in [1.807, 2.05) is 31.2 Å². The number of aromatic nitrogens is 2. The largest absolute Gasteiger partial charge is 0.290 e. The molecule has 0 radical (unpaired) electrons. The molecule has 7 heteroatoms. The Kier molecular flexibility index (Phi) is 7.32. The molecule has 3 aromatic rings. The predicted octanol–water partition coefficient (Wildman–Crippen LogP) is 3.37. The Hall–Kier alpha value is -3.74. The van der Waals surface area contributed by atoms with Crippen LogP contribution in [-0.4, -0.2) is 21.6 Å². The summed E-state index contributed by atoms with van der Waals surface area (Å²) in [5.41, 5.74) is 6.57. The molecule has 0 bridgehead atoms. The van der Waals surface area contributed by atoms with E-state index in [2.05, 4.69) is 22.9 Å². The number of benzene rings is 2. The lowest BCUT2D eigenvalue weighted by molar-refractivity contribution is -0.117. The minimum Gasteiger partial charge on any atom is -0.268 e. The standard InChI is InChI=1S/C24H26N4O3/c1-3-4-9-16-28-24(31)20-13-8-7-12-19(20)22(27-28)23(30)26-25-21(29)15-14-18-11-6-5-10-17(18)2/h5-8,10-15H,3-4,9,16H2,1-2H3,(H,25,29)(H,26,30)/b15-14+. The predicted molar refractivity (Wildman–Crippen MR) is 121 cm³/mol. The van der Waals surface area contributed by atoms with Crippen molar-refractivity contribution in [1.29, 1.82) is 0 Å². The molecule has 2 amide bonds. The minimum atomic E-state index is -0.585. The Balaban J connectivity index is 1.77. The maximum Gasteiger partial charge on any atom is 0.290 e. The summed E-state index contributed by atoms with van der Waals surface area (Å²) in [5, 5.41) is 5.15. The summed E-state index contributed by atoms with van der Waals surface area (Å²) in [4.78, 5) is 37.6. The number of hydrogen-bond donors (Lipinski definition) is 2. The highest BCUT2D eigenvalue weighted by molar-refractivity contribution is 6.05. The van der Waals surface area contributed by atoms with Crippen LogP contribution in [0.2, 0.25) is 0 Å². The van der Waals surface area contributed by atoms with Gasteiger partial charge in [0.15, 0.2) is 5.69 Å². The Morgan fingerprint density at radius 1 is 1.00 bits per heavy atom. The zero-order chi connectivity index (χ0) is 22.2. The second-order valence-corrected chi connectivity index (χ2v) is 7.26. The molecule has 7 nitrogen and oxygen atoms in total. The Bertz CT molecular complexity index is 1180. The zero-order valence-corrected chi connectivity index (χ0v) is 17.7. The molecule has 2 N–H and O–H groups in total. The number of aryl methyl sites for hydroxylation is 2. The van der Waals surface area contributed by atoms with E-state index < -0.39 is 11.8 Å². The van der Waals surface area contributed by atoms with Gasteiger partial charge in [-0.05, 0) is 36.6 Å². The second kappa shape index (κ2) is 10.3. The van der Waals surface area contributed by atoms with Gasteiger partial charge in [0.05, 0.1) is 5.39 Å². The van der Waals surface area contributed by atoms with Crippen molar-refractivity contribution in [3.63, 3.8) is 0 Å². The number of carbonyl (C=O) groups excluding carboxylic acids is 2. The lowest BCUT2D eigenvalue weighted by atomic mass is 10.1. The summed E-state index contributed by atoms with van der Waals surface area (Å²) in [6, 6.07) is 14.5. The molecule has 3 rings (SSSR count). The van der Waals surface area contributed by atoms with Crippen LogP contribution in [0.4, 0.5) is 0 Å². The molecule has 0 atom stereocenters. The van der Waals surface area contributed by atoms with E-state index in [4.69, 9.17) is 0 Å². The third-order valence-corrected chi connectivity index (χ3v) is 4.96. The number of fused-ring (bicyclic) bond motifs is 1. The van der Waals surface area contributed by atoms with Crippen LogP contribution in [-0.2, 0) is 11.3 Å². The lowest BCUT2D eigenvalue weighted by Crippen LogP contribution is -2.42. The van der Waals surface area contributed by atoms with Crippen molar-refractivity contribution < 1.29 is 9.59 Å². The topological polar surface area (TPSA) is 93.1 Å². The van der Waals surface area contributed by atoms with E-state index in [9.17, 15) is 14.4 Å². The average Bonchev–Trinajstić information content (AvgIpc) is 2.78. The van der Waals surface area contributed by atoms with Crippen LogP contribution < -0.4 is 16.4 Å². The van der Waals surface area contributed by atoms with Gasteiger partial charge in [-0.25, -0.2) is 4.68 Å². The highest BCUT2D eigenvalue weighted by Gasteiger charge is 2.16. The summed E-state index contributed by atoms with van der Waals surface area (Å²) in [7, 11) is 0. The first kappa shape index (κ1) is 22.0. The molecule has 0 unspecified atom stereocenters. The number of rotatable bonds is 7. The molecular formula is C24H26N4O3. The zero-order valence-electron chi connectivity index (χ0n) is 17.7. The number of unbranched alkanes of at least 4 members (excludes halogenated alkanes) is 2. The molecule has 160 valence electrons. The average molecular weight is 418 g/mol. The van der Waals surface area contributed by atoms with Crippen LogP contribution in [0.15, 0.2) is 59.4 Å². The van der Waals surface area contributed by atoms with Crippen LogP contribution in [0.5, 0.6) is 0 Å². The normalized spacial score (nSPS) is 11.0. The summed E-state index contributed by atoms with van der Waals surface area (Å²) in [5.74, 6) is -1.06. The monoisotopic (exact) mass is 418 g/mol. The Morgan fingerprint density at radius 2 is 1.71 bits per heavy atom. The van der Waals surface area contributed by atoms with Crippen LogP contribution in [0.1, 0.15) is 47.8 Å². The number of nitrogens with zero attached hydrogens (tertiary/aromatic N) is 2. The van der Waals surface area contributed by atoms with Gasteiger partial charge in [0.2, 0.25) is 0 Å². The van der Waals surface area contributed by atoms with Crippen LogP contribution in [0, 0.1) is 6.92 Å². The number of hydrogen-bond acceptors (Lipinski definition) is 4. The maximum atomic E-state index is 12.8. The number of carbonyl (C=O) groups is 2. The van der Waals surface area contributed by atoms with Crippen molar-refractivity contribution in [2.75, 3.05) is 0 Å². The third kappa shape index (κ3) is 5.45. The fourth-order valence-electron chi connectivity index (χ4n) is 3.22. The van der Waals surface area contributed by atoms with Crippen LogP contribution in [0.3, 0.4) is 0 Å². The van der Waals surface area contributed by atoms with Gasteiger partial charge in [0.25, 0.3) is 17.4 Å². The van der Waals surface area contributed by atoms with E-state index in [-0.39, 0.29) is 11.3 Å². The highest BCUT2D eigenvalue weighted by atomic mass is 16.2. The summed E-state index contributed by atoms with van der Waals surface area (Å²) in [6.45, 7) is 4.46. The molecule has 0 aliphatic carbocycles. The van der Waals surface area contributed by atoms with Crippen molar-refractivity contribution in [3.8, 4) is 0 Å². The molecule has 0 aliphatic rings. The summed E-state index contributed by atoms with van der Waals surface area (Å²) >= 11 is 0. The molecule has 2 aromatic carbocycles. The summed E-state index contributed by atoms with van der Waals surface area (Å²) < 4.78 is 1.33. The van der Waals surface area contributed by atoms with E-state index in [1.165, 1.54) is 10.8 Å². The van der Waals surface area contributed by atoms with Crippen molar-refractivity contribution in [2.45, 2.75) is 39.7 Å². The molecule has 0 saturated carbocycles. The number of nitrogens with one attached hydrogen (secondary N) is 2. The number of amides is 2. The van der Waals surface area contributed by atoms with Gasteiger partial charge in [0.1, 0.15) is 0 Å². The molecule has 31 heavy (non-hydrogen) atoms. The number of hydrazine groups is 1. The summed E-state index contributed by atoms with van der Waals surface area (Å²) in [6.07, 6.45) is 5.80. The van der Waals surface area contributed by atoms with Crippen molar-refractivity contribution >= 4 is 28.7 Å². The van der Waals surface area contributed by atoms with Crippen molar-refractivity contribution in [2.24, 2.45) is 0 Å². The van der Waals surface area contributed by atoms with Gasteiger partial charge >= 0.3 is 0 Å². The van der Waals surface area contributed by atoms with Crippen LogP contribution >= 0.6 is 0 Å². The third-order valence-electron chi connectivity index (χ3n) is 4.96. The smallest absolute Gasteiger partial charge is 0.268 e. The molecule has 0 spiro atoms. The molecule has 0 aliphatic heterocycles. The van der Waals surface area contributed by atoms with E-state index in [0.717, 1.165) is 30.4 Å². The fourth-order valence-corrected chi connectivity index (χ4v) is 3.22. The van der Waals surface area contributed by atoms with Gasteiger partial charge in [0, 0.05) is 18.0 Å². The molecule has 0 saturated heterocycles. The van der Waals surface area contributed by atoms with Gasteiger partial charge in [-0.15, -0.1) is 0 Å². The first-order valence-corrected chi connectivity index (χ1v) is 10.3. The molecule has 1 aromatic heterocycles. The van der Waals surface area contributed by atoms with Crippen LogP contribution in [0.25, 0.3) is 16.8 Å². The second-order valence-electron chi connectivity index (χ2n) is 7.26. The van der Waals surface area contributed by atoms with Gasteiger partial charge in [-0.1, -0.05) is 62.2 Å². The Morgan fingerprint density at radius 3 is 2.45 bits per heavy atom. The first-order valence-electron chi connectivity index (χ1n) is 10.3. The van der Waals surface area contributed by atoms with E-state index >= 15 is 0 Å². The molecule has 1 heterocycles.